The number of rotatable bonds is 8. The summed E-state index contributed by atoms with van der Waals surface area (Å²) in [5.74, 6) is 0.395. The molecule has 1 aliphatic heterocycles. The zero-order valence-electron chi connectivity index (χ0n) is 17.2. The van der Waals surface area contributed by atoms with Gasteiger partial charge in [0.1, 0.15) is 11.5 Å². The lowest BCUT2D eigenvalue weighted by atomic mass is 10.2. The summed E-state index contributed by atoms with van der Waals surface area (Å²) in [6.07, 6.45) is 0.727. The molecule has 8 nitrogen and oxygen atoms in total. The number of benzene rings is 2. The number of nitrogens with one attached hydrogen (secondary N) is 2. The fourth-order valence-corrected chi connectivity index (χ4v) is 3.29. The standard InChI is InChI=1S/C22H24ClN3O5/c1-15-13-16(23)8-9-18(15)30-12-4-7-20(27)24-25-21(28)10-11-26-17-5-2-3-6-19(17)31-14-22(26)29/h2-3,5-6,8-9,13H,4,7,10-12,14H2,1H3,(H,24,27)(H,25,28). The molecule has 3 rings (SSSR count). The summed E-state index contributed by atoms with van der Waals surface area (Å²) < 4.78 is 11.0. The van der Waals surface area contributed by atoms with E-state index in [1.807, 2.05) is 19.1 Å². The second kappa shape index (κ2) is 10.7. The van der Waals surface area contributed by atoms with Crippen LogP contribution in [0.25, 0.3) is 0 Å². The van der Waals surface area contributed by atoms with E-state index in [2.05, 4.69) is 10.9 Å². The van der Waals surface area contributed by atoms with Gasteiger partial charge in [0.2, 0.25) is 11.8 Å². The smallest absolute Gasteiger partial charge is 0.265 e. The molecule has 1 aliphatic rings. The molecule has 0 bridgehead atoms. The Balaban J connectivity index is 1.34. The molecule has 2 aromatic carbocycles. The van der Waals surface area contributed by atoms with Crippen molar-refractivity contribution in [3.63, 3.8) is 0 Å². The molecular weight excluding hydrogens is 422 g/mol. The molecule has 1 heterocycles. The quantitative estimate of drug-likeness (QED) is 0.481. The molecule has 0 unspecified atom stereocenters. The van der Waals surface area contributed by atoms with E-state index in [0.717, 1.165) is 11.3 Å². The number of hydrogen-bond acceptors (Lipinski definition) is 5. The van der Waals surface area contributed by atoms with Gasteiger partial charge in [0.05, 0.1) is 12.3 Å². The molecule has 164 valence electrons. The average molecular weight is 446 g/mol. The van der Waals surface area contributed by atoms with Crippen LogP contribution in [-0.4, -0.2) is 37.5 Å². The number of aryl methyl sites for hydroxylation is 1. The van der Waals surface area contributed by atoms with Crippen LogP contribution in [-0.2, 0) is 14.4 Å². The highest BCUT2D eigenvalue weighted by molar-refractivity contribution is 6.30. The summed E-state index contributed by atoms with van der Waals surface area (Å²) in [7, 11) is 0. The number of hydrazine groups is 1. The van der Waals surface area contributed by atoms with Crippen molar-refractivity contribution >= 4 is 35.0 Å². The Morgan fingerprint density at radius 1 is 1.13 bits per heavy atom. The van der Waals surface area contributed by atoms with Crippen LogP contribution in [0.3, 0.4) is 0 Å². The van der Waals surface area contributed by atoms with Gasteiger partial charge in [0.15, 0.2) is 6.61 Å². The van der Waals surface area contributed by atoms with Gasteiger partial charge in [0, 0.05) is 24.4 Å². The molecule has 2 N–H and O–H groups in total. The second-order valence-electron chi connectivity index (χ2n) is 7.01. The number of hydrogen-bond donors (Lipinski definition) is 2. The van der Waals surface area contributed by atoms with Gasteiger partial charge in [-0.05, 0) is 49.2 Å². The minimum Gasteiger partial charge on any atom is -0.493 e. The third-order valence-corrected chi connectivity index (χ3v) is 4.89. The Morgan fingerprint density at radius 2 is 1.87 bits per heavy atom. The van der Waals surface area contributed by atoms with Crippen LogP contribution >= 0.6 is 11.6 Å². The number of fused-ring (bicyclic) bond motifs is 1. The first kappa shape index (κ1) is 22.4. The van der Waals surface area contributed by atoms with Gasteiger partial charge in [-0.25, -0.2) is 0 Å². The van der Waals surface area contributed by atoms with Gasteiger partial charge >= 0.3 is 0 Å². The van der Waals surface area contributed by atoms with Crippen molar-refractivity contribution in [3.05, 3.63) is 53.1 Å². The number of para-hydroxylation sites is 2. The Morgan fingerprint density at radius 3 is 2.65 bits per heavy atom. The van der Waals surface area contributed by atoms with E-state index in [1.165, 1.54) is 4.90 Å². The van der Waals surface area contributed by atoms with Crippen LogP contribution in [0.15, 0.2) is 42.5 Å². The van der Waals surface area contributed by atoms with Gasteiger partial charge in [0.25, 0.3) is 5.91 Å². The lowest BCUT2D eigenvalue weighted by molar-refractivity contribution is -0.129. The number of carbonyl (C=O) groups is 3. The van der Waals surface area contributed by atoms with E-state index in [0.29, 0.717) is 29.5 Å². The van der Waals surface area contributed by atoms with Gasteiger partial charge in [-0.3, -0.25) is 25.2 Å². The molecule has 0 spiro atoms. The van der Waals surface area contributed by atoms with Crippen molar-refractivity contribution in [1.29, 1.82) is 0 Å². The summed E-state index contributed by atoms with van der Waals surface area (Å²) in [5.41, 5.74) is 6.30. The summed E-state index contributed by atoms with van der Waals surface area (Å²) in [6.45, 7) is 2.39. The molecule has 3 amide bonds. The zero-order chi connectivity index (χ0) is 22.2. The molecule has 0 fully saturated rings. The highest BCUT2D eigenvalue weighted by Gasteiger charge is 2.25. The van der Waals surface area contributed by atoms with Crippen LogP contribution in [0, 0.1) is 6.92 Å². The third kappa shape index (κ3) is 6.36. The highest BCUT2D eigenvalue weighted by Crippen LogP contribution is 2.31. The van der Waals surface area contributed by atoms with E-state index in [9.17, 15) is 14.4 Å². The monoisotopic (exact) mass is 445 g/mol. The van der Waals surface area contributed by atoms with Crippen molar-refractivity contribution in [1.82, 2.24) is 10.9 Å². The Labute approximate surface area is 185 Å². The predicted molar refractivity (Wildman–Crippen MR) is 116 cm³/mol. The van der Waals surface area contributed by atoms with Crippen LogP contribution < -0.4 is 25.2 Å². The van der Waals surface area contributed by atoms with Crippen LogP contribution in [0.4, 0.5) is 5.69 Å². The zero-order valence-corrected chi connectivity index (χ0v) is 17.9. The first-order chi connectivity index (χ1) is 14.9. The maximum absolute atomic E-state index is 12.1. The second-order valence-corrected chi connectivity index (χ2v) is 7.45. The minimum atomic E-state index is -0.391. The summed E-state index contributed by atoms with van der Waals surface area (Å²) in [5, 5.41) is 0.641. The Kier molecular flexibility index (Phi) is 7.72. The van der Waals surface area contributed by atoms with E-state index in [1.54, 1.807) is 30.3 Å². The van der Waals surface area contributed by atoms with Crippen LogP contribution in [0.5, 0.6) is 11.5 Å². The van der Waals surface area contributed by atoms with E-state index >= 15 is 0 Å². The Hall–Kier alpha value is -3.26. The largest absolute Gasteiger partial charge is 0.493 e. The van der Waals surface area contributed by atoms with E-state index in [4.69, 9.17) is 21.1 Å². The highest BCUT2D eigenvalue weighted by atomic mass is 35.5. The minimum absolute atomic E-state index is 0.0410. The molecule has 0 aromatic heterocycles. The first-order valence-electron chi connectivity index (χ1n) is 9.93. The SMILES string of the molecule is Cc1cc(Cl)ccc1OCCCC(=O)NNC(=O)CCN1C(=O)COc2ccccc21. The van der Waals surface area contributed by atoms with Crippen LogP contribution in [0.2, 0.25) is 5.02 Å². The first-order valence-corrected chi connectivity index (χ1v) is 10.3. The fourth-order valence-electron chi connectivity index (χ4n) is 3.07. The fraction of sp³-hybridized carbons (Fsp3) is 0.318. The summed E-state index contributed by atoms with van der Waals surface area (Å²) >= 11 is 5.91. The molecule has 9 heteroatoms. The van der Waals surface area contributed by atoms with Crippen molar-refractivity contribution in [2.24, 2.45) is 0 Å². The Bertz CT molecular complexity index is 966. The lowest BCUT2D eigenvalue weighted by Crippen LogP contribution is -2.44. The molecule has 2 aromatic rings. The normalized spacial score (nSPS) is 12.6. The van der Waals surface area contributed by atoms with Crippen molar-refractivity contribution < 1.29 is 23.9 Å². The van der Waals surface area contributed by atoms with Crippen molar-refractivity contribution in [2.75, 3.05) is 24.7 Å². The number of amides is 3. The predicted octanol–water partition coefficient (Wildman–Crippen LogP) is 2.77. The van der Waals surface area contributed by atoms with Crippen molar-refractivity contribution in [3.8, 4) is 11.5 Å². The van der Waals surface area contributed by atoms with Crippen LogP contribution in [0.1, 0.15) is 24.8 Å². The number of anilines is 1. The van der Waals surface area contributed by atoms with Gasteiger partial charge in [-0.2, -0.15) is 0 Å². The third-order valence-electron chi connectivity index (χ3n) is 4.65. The maximum Gasteiger partial charge on any atom is 0.265 e. The molecule has 0 saturated heterocycles. The number of ether oxygens (including phenoxy) is 2. The van der Waals surface area contributed by atoms with Gasteiger partial charge in [-0.15, -0.1) is 0 Å². The molecule has 0 atom stereocenters. The summed E-state index contributed by atoms with van der Waals surface area (Å²) in [6, 6.07) is 12.5. The van der Waals surface area contributed by atoms with E-state index in [-0.39, 0.29) is 37.8 Å². The number of carbonyl (C=O) groups excluding carboxylic acids is 3. The lowest BCUT2D eigenvalue weighted by Gasteiger charge is -2.29. The number of halogens is 1. The van der Waals surface area contributed by atoms with Gasteiger partial charge in [-0.1, -0.05) is 23.7 Å². The molecule has 0 radical (unpaired) electrons. The average Bonchev–Trinajstić information content (AvgIpc) is 2.75. The molecule has 0 aliphatic carbocycles. The van der Waals surface area contributed by atoms with Crippen molar-refractivity contribution in [2.45, 2.75) is 26.2 Å². The number of nitrogens with zero attached hydrogens (tertiary/aromatic N) is 1. The molecular formula is C22H24ClN3O5. The summed E-state index contributed by atoms with van der Waals surface area (Å²) in [4.78, 5) is 37.6. The van der Waals surface area contributed by atoms with Gasteiger partial charge < -0.3 is 14.4 Å². The van der Waals surface area contributed by atoms with E-state index < -0.39 is 5.91 Å². The molecule has 0 saturated carbocycles. The maximum atomic E-state index is 12.1. The topological polar surface area (TPSA) is 97.0 Å². The molecule has 31 heavy (non-hydrogen) atoms.